The Labute approximate surface area is 274 Å². The number of benzene rings is 3. The van der Waals surface area contributed by atoms with Gasteiger partial charge in [0.25, 0.3) is 0 Å². The second-order valence-corrected chi connectivity index (χ2v) is 11.7. The summed E-state index contributed by atoms with van der Waals surface area (Å²) in [7, 11) is 4.08. The van der Waals surface area contributed by atoms with E-state index in [1.807, 2.05) is 44.0 Å². The maximum absolute atomic E-state index is 13.3. The Kier molecular flexibility index (Phi) is 8.76. The number of alkyl halides is 3. The zero-order valence-corrected chi connectivity index (χ0v) is 26.5. The van der Waals surface area contributed by atoms with E-state index in [-0.39, 0.29) is 5.69 Å². The van der Waals surface area contributed by atoms with Crippen LogP contribution < -0.4 is 10.6 Å². The summed E-state index contributed by atoms with van der Waals surface area (Å²) in [5, 5.41) is 10.5. The lowest BCUT2D eigenvalue weighted by atomic mass is 9.99. The van der Waals surface area contributed by atoms with Crippen molar-refractivity contribution in [3.63, 3.8) is 0 Å². The van der Waals surface area contributed by atoms with Crippen LogP contribution in [-0.4, -0.2) is 44.8 Å². The minimum atomic E-state index is -4.65. The molecule has 0 saturated carbocycles. The summed E-state index contributed by atoms with van der Waals surface area (Å²) in [4.78, 5) is 22.9. The van der Waals surface area contributed by atoms with E-state index in [9.17, 15) is 18.0 Å². The molecule has 3 aromatic heterocycles. The fourth-order valence-corrected chi connectivity index (χ4v) is 5.65. The highest BCUT2D eigenvalue weighted by molar-refractivity contribution is 6.31. The Morgan fingerprint density at radius 2 is 1.68 bits per heavy atom. The summed E-state index contributed by atoms with van der Waals surface area (Å²) >= 11 is 5.71. The monoisotopic (exact) mass is 657 g/mol. The number of urea groups is 1. The van der Waals surface area contributed by atoms with Gasteiger partial charge in [-0.05, 0) is 80.2 Å². The number of H-pyrrole nitrogens is 1. The van der Waals surface area contributed by atoms with E-state index < -0.39 is 22.8 Å². The maximum Gasteiger partial charge on any atom is 0.417 e. The molecule has 8 nitrogen and oxygen atoms in total. The van der Waals surface area contributed by atoms with E-state index in [0.29, 0.717) is 17.9 Å². The van der Waals surface area contributed by atoms with E-state index in [4.69, 9.17) is 16.7 Å². The summed E-state index contributed by atoms with van der Waals surface area (Å²) in [5.74, 6) is 0. The molecule has 0 aliphatic carbocycles. The molecule has 0 radical (unpaired) electrons. The van der Waals surface area contributed by atoms with Crippen LogP contribution in [0.15, 0.2) is 91.3 Å². The number of halogens is 4. The first-order valence-corrected chi connectivity index (χ1v) is 15.2. The lowest BCUT2D eigenvalue weighted by Gasteiger charge is -2.13. The number of hydrogen-bond donors (Lipinski definition) is 3. The topological polar surface area (TPSA) is 90.9 Å². The molecule has 0 unspecified atom stereocenters. The van der Waals surface area contributed by atoms with Crippen LogP contribution in [-0.2, 0) is 19.3 Å². The fraction of sp³-hybridized carbons (Fsp3) is 0.171. The number of rotatable bonds is 8. The predicted molar refractivity (Wildman–Crippen MR) is 180 cm³/mol. The van der Waals surface area contributed by atoms with Crippen molar-refractivity contribution in [2.24, 2.45) is 0 Å². The van der Waals surface area contributed by atoms with Gasteiger partial charge in [0.1, 0.15) is 11.3 Å². The highest BCUT2D eigenvalue weighted by Gasteiger charge is 2.33. The lowest BCUT2D eigenvalue weighted by molar-refractivity contribution is -0.137. The number of fused-ring (bicyclic) bond motifs is 1. The van der Waals surface area contributed by atoms with Crippen LogP contribution in [0, 0.1) is 0 Å². The molecule has 47 heavy (non-hydrogen) atoms. The molecule has 0 bridgehead atoms. The average Bonchev–Trinajstić information content (AvgIpc) is 3.67. The second kappa shape index (κ2) is 12.9. The molecule has 0 spiro atoms. The van der Waals surface area contributed by atoms with Crippen LogP contribution in [0.2, 0.25) is 5.02 Å². The van der Waals surface area contributed by atoms with Crippen molar-refractivity contribution in [3.05, 3.63) is 107 Å². The predicted octanol–water partition coefficient (Wildman–Crippen LogP) is 9.16. The summed E-state index contributed by atoms with van der Waals surface area (Å²) in [6.07, 6.45) is -0.911. The number of carbonyl (C=O) groups excluding carboxylic acids is 1. The molecular weight excluding hydrogens is 627 g/mol. The maximum atomic E-state index is 13.3. The Bertz CT molecular complexity index is 2070. The standard InChI is InChI=1S/C35H31ClF3N7O/c1-4-46-20-28(26-14-15-40-33-27(26)18-31(43-33)22-10-8-21(9-11-22)19-45(2)3)32(44-46)23-6-5-7-24(16-23)41-34(47)42-25-12-13-30(36)29(17-25)35(37,38)39/h5-18,20H,4,19H2,1-3H3,(H,40,43)(H2,41,42,47). The van der Waals surface area contributed by atoms with Crippen LogP contribution in [0.1, 0.15) is 18.1 Å². The Balaban J connectivity index is 1.29. The van der Waals surface area contributed by atoms with Crippen molar-refractivity contribution < 1.29 is 18.0 Å². The number of aryl methyl sites for hydroxylation is 1. The summed E-state index contributed by atoms with van der Waals surface area (Å²) in [6, 6.07) is 22.1. The first-order valence-electron chi connectivity index (χ1n) is 14.8. The van der Waals surface area contributed by atoms with Crippen molar-refractivity contribution >= 4 is 40.0 Å². The lowest BCUT2D eigenvalue weighted by Crippen LogP contribution is -2.20. The molecule has 2 amide bonds. The number of hydrogen-bond acceptors (Lipinski definition) is 4. The third-order valence-electron chi connectivity index (χ3n) is 7.59. The van der Waals surface area contributed by atoms with Crippen LogP contribution in [0.5, 0.6) is 0 Å². The molecular formula is C35H31ClF3N7O. The summed E-state index contributed by atoms with van der Waals surface area (Å²) in [6.45, 7) is 3.50. The normalized spacial score (nSPS) is 11.7. The average molecular weight is 658 g/mol. The van der Waals surface area contributed by atoms with E-state index in [2.05, 4.69) is 55.8 Å². The summed E-state index contributed by atoms with van der Waals surface area (Å²) < 4.78 is 41.7. The number of aromatic nitrogens is 4. The number of carbonyl (C=O) groups is 1. The fourth-order valence-electron chi connectivity index (χ4n) is 5.42. The number of aromatic amines is 1. The van der Waals surface area contributed by atoms with Crippen LogP contribution in [0.4, 0.5) is 29.3 Å². The molecule has 0 saturated heterocycles. The largest absolute Gasteiger partial charge is 0.417 e. The SMILES string of the molecule is CCn1cc(-c2ccnc3[nH]c(-c4ccc(CN(C)C)cc4)cc23)c(-c2cccc(NC(=O)Nc3ccc(Cl)c(C(F)(F)F)c3)c2)n1. The quantitative estimate of drug-likeness (QED) is 0.152. The third-order valence-corrected chi connectivity index (χ3v) is 7.92. The molecule has 6 rings (SSSR count). The highest BCUT2D eigenvalue weighted by atomic mass is 35.5. The molecule has 0 fully saturated rings. The van der Waals surface area contributed by atoms with E-state index >= 15 is 0 Å². The van der Waals surface area contributed by atoms with Gasteiger partial charge in [0, 0.05) is 59.1 Å². The Morgan fingerprint density at radius 3 is 2.38 bits per heavy atom. The van der Waals surface area contributed by atoms with E-state index in [1.54, 1.807) is 24.4 Å². The van der Waals surface area contributed by atoms with Crippen LogP contribution in [0.25, 0.3) is 44.7 Å². The molecule has 0 atom stereocenters. The van der Waals surface area contributed by atoms with Gasteiger partial charge in [0.15, 0.2) is 0 Å². The van der Waals surface area contributed by atoms with Gasteiger partial charge >= 0.3 is 12.2 Å². The molecule has 240 valence electrons. The highest BCUT2D eigenvalue weighted by Crippen LogP contribution is 2.38. The van der Waals surface area contributed by atoms with Gasteiger partial charge in [-0.2, -0.15) is 18.3 Å². The van der Waals surface area contributed by atoms with E-state index in [1.165, 1.54) is 11.6 Å². The van der Waals surface area contributed by atoms with Crippen molar-refractivity contribution in [3.8, 4) is 33.6 Å². The number of anilines is 2. The van der Waals surface area contributed by atoms with Crippen molar-refractivity contribution in [2.45, 2.75) is 26.2 Å². The van der Waals surface area contributed by atoms with Crippen molar-refractivity contribution in [1.29, 1.82) is 0 Å². The Hall–Kier alpha value is -5.13. The van der Waals surface area contributed by atoms with Gasteiger partial charge < -0.3 is 20.5 Å². The Morgan fingerprint density at radius 1 is 0.936 bits per heavy atom. The number of pyridine rings is 1. The summed E-state index contributed by atoms with van der Waals surface area (Å²) in [5.41, 5.74) is 6.58. The number of nitrogens with zero attached hydrogens (tertiary/aromatic N) is 4. The van der Waals surface area contributed by atoms with Crippen molar-refractivity contribution in [1.82, 2.24) is 24.6 Å². The molecule has 3 aromatic carbocycles. The van der Waals surface area contributed by atoms with Crippen LogP contribution >= 0.6 is 11.6 Å². The molecule has 6 aromatic rings. The first kappa shape index (κ1) is 31.8. The molecule has 0 aliphatic heterocycles. The van der Waals surface area contributed by atoms with E-state index in [0.717, 1.165) is 57.7 Å². The molecule has 3 heterocycles. The second-order valence-electron chi connectivity index (χ2n) is 11.3. The minimum Gasteiger partial charge on any atom is -0.339 e. The first-order chi connectivity index (χ1) is 22.5. The van der Waals surface area contributed by atoms with Gasteiger partial charge in [0.2, 0.25) is 0 Å². The smallest absolute Gasteiger partial charge is 0.339 e. The zero-order chi connectivity index (χ0) is 33.3. The molecule has 0 aliphatic rings. The van der Waals surface area contributed by atoms with Gasteiger partial charge in [-0.15, -0.1) is 0 Å². The number of amides is 2. The molecule has 3 N–H and O–H groups in total. The minimum absolute atomic E-state index is 0.0450. The third kappa shape index (κ3) is 7.01. The van der Waals surface area contributed by atoms with Crippen LogP contribution in [0.3, 0.4) is 0 Å². The van der Waals surface area contributed by atoms with Gasteiger partial charge in [0.05, 0.1) is 10.6 Å². The van der Waals surface area contributed by atoms with Gasteiger partial charge in [-0.1, -0.05) is 48.0 Å². The van der Waals surface area contributed by atoms with Gasteiger partial charge in [-0.25, -0.2) is 9.78 Å². The molecule has 12 heteroatoms. The van der Waals surface area contributed by atoms with Crippen molar-refractivity contribution in [2.75, 3.05) is 24.7 Å². The number of nitrogens with one attached hydrogen (secondary N) is 3. The van der Waals surface area contributed by atoms with Gasteiger partial charge in [-0.3, -0.25) is 4.68 Å². The zero-order valence-electron chi connectivity index (χ0n) is 25.8.